The highest BCUT2D eigenvalue weighted by molar-refractivity contribution is 7.99. The lowest BCUT2D eigenvalue weighted by Gasteiger charge is -2.17. The van der Waals surface area contributed by atoms with Crippen LogP contribution in [0.2, 0.25) is 5.02 Å². The quantitative estimate of drug-likeness (QED) is 0.507. The van der Waals surface area contributed by atoms with E-state index < -0.39 is 0 Å². The number of carbonyl (C=O) groups excluding carboxylic acids is 1. The number of fused-ring (bicyclic) bond motifs is 1. The van der Waals surface area contributed by atoms with Crippen LogP contribution >= 0.6 is 34.7 Å². The van der Waals surface area contributed by atoms with Crippen LogP contribution in [0.1, 0.15) is 16.1 Å². The van der Waals surface area contributed by atoms with Gasteiger partial charge < -0.3 is 0 Å². The maximum absolute atomic E-state index is 13.8. The molecule has 0 bridgehead atoms. The van der Waals surface area contributed by atoms with Gasteiger partial charge in [-0.2, -0.15) is 0 Å². The molecule has 2 nitrogen and oxygen atoms in total. The predicted molar refractivity (Wildman–Crippen MR) is 102 cm³/mol. The molecule has 0 atom stereocenters. The standard InChI is InChI=1S/C19H11ClFNOS2/c20-13-6-4-11(5-7-13)19-22-14(10-25-19)8-12-9-24-18-15(17(12)23)2-1-3-16(18)21/h1-8,10H,9H2/b12-8+. The molecule has 0 N–H and O–H groups in total. The Morgan fingerprint density at radius 3 is 2.76 bits per heavy atom. The number of halogens is 2. The van der Waals surface area contributed by atoms with Crippen LogP contribution in [0.15, 0.2) is 58.3 Å². The summed E-state index contributed by atoms with van der Waals surface area (Å²) in [6.07, 6.45) is 1.79. The zero-order valence-electron chi connectivity index (χ0n) is 12.8. The first-order chi connectivity index (χ1) is 12.1. The Kier molecular flexibility index (Phi) is 4.46. The molecule has 4 rings (SSSR count). The van der Waals surface area contributed by atoms with Gasteiger partial charge in [-0.3, -0.25) is 4.79 Å². The molecule has 0 aliphatic carbocycles. The van der Waals surface area contributed by atoms with Crippen LogP contribution in [0.3, 0.4) is 0 Å². The van der Waals surface area contributed by atoms with Gasteiger partial charge in [0.15, 0.2) is 5.78 Å². The third-order valence-corrected chi connectivity index (χ3v) is 6.13. The number of Topliss-reactive ketones (excluding diaryl/α,β-unsaturated/α-hetero) is 1. The van der Waals surface area contributed by atoms with Gasteiger partial charge in [0.1, 0.15) is 10.8 Å². The van der Waals surface area contributed by atoms with E-state index in [2.05, 4.69) is 4.98 Å². The van der Waals surface area contributed by atoms with Crippen molar-refractivity contribution in [2.75, 3.05) is 5.75 Å². The van der Waals surface area contributed by atoms with Crippen molar-refractivity contribution < 1.29 is 9.18 Å². The van der Waals surface area contributed by atoms with Gasteiger partial charge in [-0.1, -0.05) is 29.8 Å². The number of ketones is 1. The van der Waals surface area contributed by atoms with Crippen LogP contribution in [0.25, 0.3) is 16.6 Å². The summed E-state index contributed by atoms with van der Waals surface area (Å²) < 4.78 is 13.8. The molecule has 0 fully saturated rings. The Balaban J connectivity index is 1.64. The second-order valence-corrected chi connectivity index (χ2v) is 7.77. The van der Waals surface area contributed by atoms with Crippen molar-refractivity contribution in [3.05, 3.63) is 75.5 Å². The fraction of sp³-hybridized carbons (Fsp3) is 0.0526. The highest BCUT2D eigenvalue weighted by atomic mass is 35.5. The molecule has 0 spiro atoms. The van der Waals surface area contributed by atoms with Gasteiger partial charge in [0.05, 0.1) is 10.6 Å². The monoisotopic (exact) mass is 387 g/mol. The largest absolute Gasteiger partial charge is 0.289 e. The second kappa shape index (κ2) is 6.75. The summed E-state index contributed by atoms with van der Waals surface area (Å²) in [6, 6.07) is 12.1. The molecule has 6 heteroatoms. The summed E-state index contributed by atoms with van der Waals surface area (Å²) in [7, 11) is 0. The Bertz CT molecular complexity index is 995. The Labute approximate surface area is 157 Å². The molecule has 1 aromatic heterocycles. The number of aromatic nitrogens is 1. The van der Waals surface area contributed by atoms with Gasteiger partial charge in [-0.25, -0.2) is 9.37 Å². The average molecular weight is 388 g/mol. The van der Waals surface area contributed by atoms with Crippen molar-refractivity contribution >= 4 is 46.6 Å². The van der Waals surface area contributed by atoms with Gasteiger partial charge in [0.25, 0.3) is 0 Å². The number of thiazole rings is 1. The highest BCUT2D eigenvalue weighted by Crippen LogP contribution is 2.35. The molecule has 0 saturated heterocycles. The zero-order chi connectivity index (χ0) is 17.4. The van der Waals surface area contributed by atoms with Crippen molar-refractivity contribution in [2.24, 2.45) is 0 Å². The Hall–Kier alpha value is -1.95. The van der Waals surface area contributed by atoms with E-state index in [0.29, 0.717) is 26.8 Å². The molecule has 2 aromatic carbocycles. The lowest BCUT2D eigenvalue weighted by atomic mass is 10.0. The minimum absolute atomic E-state index is 0.130. The van der Waals surface area contributed by atoms with Crippen molar-refractivity contribution in [3.8, 4) is 10.6 Å². The van der Waals surface area contributed by atoms with E-state index in [4.69, 9.17) is 11.6 Å². The first kappa shape index (κ1) is 16.5. The fourth-order valence-electron chi connectivity index (χ4n) is 2.59. The third-order valence-electron chi connectivity index (χ3n) is 3.81. The van der Waals surface area contributed by atoms with Gasteiger partial charge in [0, 0.05) is 32.9 Å². The Morgan fingerprint density at radius 1 is 1.16 bits per heavy atom. The maximum atomic E-state index is 13.8. The van der Waals surface area contributed by atoms with Crippen LogP contribution in [-0.4, -0.2) is 16.5 Å². The molecule has 25 heavy (non-hydrogen) atoms. The number of hydrogen-bond acceptors (Lipinski definition) is 4. The van der Waals surface area contributed by atoms with E-state index in [0.717, 1.165) is 16.3 Å². The normalized spacial score (nSPS) is 15.4. The number of benzene rings is 2. The fourth-order valence-corrected chi connectivity index (χ4v) is 4.53. The van der Waals surface area contributed by atoms with Crippen LogP contribution in [0, 0.1) is 5.82 Å². The SMILES string of the molecule is O=C1/C(=C/c2csc(-c3ccc(Cl)cc3)n2)CSc2c(F)cccc21. The maximum Gasteiger partial charge on any atom is 0.191 e. The zero-order valence-corrected chi connectivity index (χ0v) is 15.2. The summed E-state index contributed by atoms with van der Waals surface area (Å²) in [5, 5.41) is 3.46. The lowest BCUT2D eigenvalue weighted by Crippen LogP contribution is -2.13. The lowest BCUT2D eigenvalue weighted by molar-refractivity contribution is 0.103. The van der Waals surface area contributed by atoms with E-state index in [1.165, 1.54) is 29.2 Å². The second-order valence-electron chi connectivity index (χ2n) is 5.49. The van der Waals surface area contributed by atoms with Crippen molar-refractivity contribution in [1.82, 2.24) is 4.98 Å². The summed E-state index contributed by atoms with van der Waals surface area (Å²) in [5.74, 6) is -0.0245. The molecule has 0 unspecified atom stereocenters. The molecule has 0 amide bonds. The number of nitrogens with zero attached hydrogens (tertiary/aromatic N) is 1. The first-order valence-corrected chi connectivity index (χ1v) is 9.74. The van der Waals surface area contributed by atoms with Crippen LogP contribution in [0.4, 0.5) is 4.39 Å². The topological polar surface area (TPSA) is 30.0 Å². The first-order valence-electron chi connectivity index (χ1n) is 7.50. The molecule has 1 aliphatic heterocycles. The molecule has 3 aromatic rings. The van der Waals surface area contributed by atoms with E-state index in [9.17, 15) is 9.18 Å². The van der Waals surface area contributed by atoms with Gasteiger partial charge >= 0.3 is 0 Å². The highest BCUT2D eigenvalue weighted by Gasteiger charge is 2.25. The van der Waals surface area contributed by atoms with E-state index >= 15 is 0 Å². The molecular formula is C19H11ClFNOS2. The van der Waals surface area contributed by atoms with E-state index in [1.807, 2.05) is 29.6 Å². The van der Waals surface area contributed by atoms with Crippen LogP contribution < -0.4 is 0 Å². The summed E-state index contributed by atoms with van der Waals surface area (Å²) in [6.45, 7) is 0. The average Bonchev–Trinajstić information content (AvgIpc) is 3.07. The predicted octanol–water partition coefficient (Wildman–Crippen LogP) is 5.97. The van der Waals surface area contributed by atoms with Gasteiger partial charge in [-0.15, -0.1) is 23.1 Å². The summed E-state index contributed by atoms with van der Waals surface area (Å²) >= 11 is 8.77. The molecule has 124 valence electrons. The molecule has 0 saturated carbocycles. The van der Waals surface area contributed by atoms with Gasteiger partial charge in [0.2, 0.25) is 0 Å². The van der Waals surface area contributed by atoms with Crippen molar-refractivity contribution in [1.29, 1.82) is 0 Å². The van der Waals surface area contributed by atoms with E-state index in [-0.39, 0.29) is 11.6 Å². The number of thioether (sulfide) groups is 1. The third kappa shape index (κ3) is 3.27. The van der Waals surface area contributed by atoms with Crippen molar-refractivity contribution in [2.45, 2.75) is 4.90 Å². The van der Waals surface area contributed by atoms with Crippen LogP contribution in [0.5, 0.6) is 0 Å². The minimum Gasteiger partial charge on any atom is -0.289 e. The number of rotatable bonds is 2. The van der Waals surface area contributed by atoms with Crippen LogP contribution in [-0.2, 0) is 0 Å². The molecule has 0 radical (unpaired) electrons. The molecule has 2 heterocycles. The smallest absolute Gasteiger partial charge is 0.191 e. The van der Waals surface area contributed by atoms with Gasteiger partial charge in [-0.05, 0) is 30.3 Å². The molecule has 1 aliphatic rings. The minimum atomic E-state index is -0.339. The Morgan fingerprint density at radius 2 is 1.96 bits per heavy atom. The van der Waals surface area contributed by atoms with Crippen molar-refractivity contribution in [3.63, 3.8) is 0 Å². The number of hydrogen-bond donors (Lipinski definition) is 0. The van der Waals surface area contributed by atoms with E-state index in [1.54, 1.807) is 18.2 Å². The summed E-state index contributed by atoms with van der Waals surface area (Å²) in [5.41, 5.74) is 2.78. The number of carbonyl (C=O) groups is 1. The summed E-state index contributed by atoms with van der Waals surface area (Å²) in [4.78, 5) is 17.6. The molecular weight excluding hydrogens is 377 g/mol.